The molecule has 5 nitrogen and oxygen atoms in total. The Kier molecular flexibility index (Phi) is 4.57. The fourth-order valence-electron chi connectivity index (χ4n) is 2.57. The van der Waals surface area contributed by atoms with Crippen LogP contribution < -0.4 is 14.8 Å². The first kappa shape index (κ1) is 16.9. The number of nitrogens with zero attached hydrogens (tertiary/aromatic N) is 3. The summed E-state index contributed by atoms with van der Waals surface area (Å²) in [5.74, 6) is 1.33. The van der Waals surface area contributed by atoms with E-state index in [2.05, 4.69) is 26.0 Å². The second kappa shape index (κ2) is 7.01. The summed E-state index contributed by atoms with van der Waals surface area (Å²) in [6, 6.07) is 15.3. The number of thiazole rings is 1. The van der Waals surface area contributed by atoms with Crippen LogP contribution in [0.5, 0.6) is 5.75 Å². The van der Waals surface area contributed by atoms with Gasteiger partial charge in [0.05, 0.1) is 11.1 Å². The van der Waals surface area contributed by atoms with Gasteiger partial charge in [-0.2, -0.15) is 9.50 Å². The molecule has 7 heteroatoms. The van der Waals surface area contributed by atoms with Crippen LogP contribution in [0.2, 0.25) is 0 Å². The van der Waals surface area contributed by atoms with Gasteiger partial charge in [0.2, 0.25) is 4.96 Å². The third-order valence-corrected chi connectivity index (χ3v) is 5.20. The molecule has 26 heavy (non-hydrogen) atoms. The highest BCUT2D eigenvalue weighted by Gasteiger charge is 2.12. The highest BCUT2D eigenvalue weighted by atomic mass is 79.9. The summed E-state index contributed by atoms with van der Waals surface area (Å²) >= 11 is 4.77. The molecule has 0 N–H and O–H groups in total. The van der Waals surface area contributed by atoms with Crippen molar-refractivity contribution in [3.05, 3.63) is 73.5 Å². The Hall–Kier alpha value is -2.51. The number of rotatable bonds is 4. The Morgan fingerprint density at radius 2 is 2.04 bits per heavy atom. The summed E-state index contributed by atoms with van der Waals surface area (Å²) in [6.07, 6.45) is 1.85. The van der Waals surface area contributed by atoms with Gasteiger partial charge < -0.3 is 4.74 Å². The van der Waals surface area contributed by atoms with Crippen molar-refractivity contribution < 1.29 is 4.74 Å². The first-order valence-corrected chi connectivity index (χ1v) is 9.65. The van der Waals surface area contributed by atoms with E-state index < -0.39 is 0 Å². The maximum absolute atomic E-state index is 12.6. The first-order chi connectivity index (χ1) is 12.6. The molecule has 2 aromatic heterocycles. The van der Waals surface area contributed by atoms with Gasteiger partial charge >= 0.3 is 0 Å². The van der Waals surface area contributed by atoms with Crippen LogP contribution in [0.25, 0.3) is 22.4 Å². The molecule has 130 valence electrons. The van der Waals surface area contributed by atoms with Crippen molar-refractivity contribution >= 4 is 38.3 Å². The lowest BCUT2D eigenvalue weighted by Crippen LogP contribution is -2.23. The Labute approximate surface area is 161 Å². The van der Waals surface area contributed by atoms with Crippen LogP contribution in [0.4, 0.5) is 0 Å². The zero-order chi connectivity index (χ0) is 18.1. The molecule has 0 aliphatic heterocycles. The SMILES string of the molecule is CCOc1ccc(-c2nc3s/c(=C/c4cccc(Br)c4)c(=O)n3n2)cc1. The van der Waals surface area contributed by atoms with Gasteiger partial charge in [0.15, 0.2) is 5.82 Å². The third kappa shape index (κ3) is 3.27. The van der Waals surface area contributed by atoms with E-state index in [0.717, 1.165) is 21.3 Å². The number of benzene rings is 2. The van der Waals surface area contributed by atoms with Crippen molar-refractivity contribution in [2.24, 2.45) is 0 Å². The van der Waals surface area contributed by atoms with Crippen LogP contribution in [0.15, 0.2) is 57.8 Å². The van der Waals surface area contributed by atoms with Crippen LogP contribution >= 0.6 is 27.3 Å². The number of aromatic nitrogens is 3. The molecule has 0 amide bonds. The molecular weight excluding hydrogens is 414 g/mol. The number of hydrogen-bond acceptors (Lipinski definition) is 5. The van der Waals surface area contributed by atoms with Crippen LogP contribution in [-0.4, -0.2) is 21.2 Å². The molecule has 0 saturated heterocycles. The smallest absolute Gasteiger partial charge is 0.291 e. The molecule has 0 atom stereocenters. The summed E-state index contributed by atoms with van der Waals surface area (Å²) < 4.78 is 8.38. The summed E-state index contributed by atoms with van der Waals surface area (Å²) in [5.41, 5.74) is 1.64. The second-order valence-corrected chi connectivity index (χ2v) is 7.48. The zero-order valence-electron chi connectivity index (χ0n) is 13.8. The highest BCUT2D eigenvalue weighted by Crippen LogP contribution is 2.20. The first-order valence-electron chi connectivity index (χ1n) is 8.04. The van der Waals surface area contributed by atoms with Gasteiger partial charge in [0.25, 0.3) is 5.56 Å². The van der Waals surface area contributed by atoms with Gasteiger partial charge in [-0.25, -0.2) is 0 Å². The minimum Gasteiger partial charge on any atom is -0.494 e. The number of halogens is 1. The van der Waals surface area contributed by atoms with Crippen LogP contribution in [0, 0.1) is 0 Å². The van der Waals surface area contributed by atoms with Gasteiger partial charge in [-0.05, 0) is 55.0 Å². The van der Waals surface area contributed by atoms with Gasteiger partial charge in [-0.15, -0.1) is 5.10 Å². The molecule has 0 spiro atoms. The van der Waals surface area contributed by atoms with Crippen molar-refractivity contribution in [2.45, 2.75) is 6.92 Å². The summed E-state index contributed by atoms with van der Waals surface area (Å²) in [4.78, 5) is 17.7. The van der Waals surface area contributed by atoms with Crippen LogP contribution in [-0.2, 0) is 0 Å². The van der Waals surface area contributed by atoms with Crippen LogP contribution in [0.1, 0.15) is 12.5 Å². The Morgan fingerprint density at radius 3 is 2.73 bits per heavy atom. The molecule has 4 aromatic rings. The van der Waals surface area contributed by atoms with Gasteiger partial charge in [-0.3, -0.25) is 4.79 Å². The molecule has 0 saturated carbocycles. The average molecular weight is 428 g/mol. The molecule has 0 bridgehead atoms. The second-order valence-electron chi connectivity index (χ2n) is 5.56. The molecule has 0 unspecified atom stereocenters. The summed E-state index contributed by atoms with van der Waals surface area (Å²) in [7, 11) is 0. The largest absolute Gasteiger partial charge is 0.494 e. The minimum absolute atomic E-state index is 0.158. The maximum Gasteiger partial charge on any atom is 0.291 e. The molecule has 0 aliphatic carbocycles. The standard InChI is InChI=1S/C19H14BrN3O2S/c1-2-25-15-8-6-13(7-9-15)17-21-19-23(22-17)18(24)16(26-19)11-12-4-3-5-14(20)10-12/h3-11H,2H2,1H3/b16-11+. The third-order valence-electron chi connectivity index (χ3n) is 3.75. The Morgan fingerprint density at radius 1 is 1.23 bits per heavy atom. The quantitative estimate of drug-likeness (QED) is 0.499. The lowest BCUT2D eigenvalue weighted by Gasteiger charge is -2.02. The fourth-order valence-corrected chi connectivity index (χ4v) is 3.90. The highest BCUT2D eigenvalue weighted by molar-refractivity contribution is 9.10. The van der Waals surface area contributed by atoms with Crippen molar-refractivity contribution in [2.75, 3.05) is 6.61 Å². The number of ether oxygens (including phenoxy) is 1. The summed E-state index contributed by atoms with van der Waals surface area (Å²) in [5, 5.41) is 4.37. The lowest BCUT2D eigenvalue weighted by molar-refractivity contribution is 0.340. The molecular formula is C19H14BrN3O2S. The lowest BCUT2D eigenvalue weighted by atomic mass is 10.2. The van der Waals surface area contributed by atoms with Crippen molar-refractivity contribution in [1.82, 2.24) is 14.6 Å². The van der Waals surface area contributed by atoms with E-state index in [1.165, 1.54) is 15.9 Å². The predicted molar refractivity (Wildman–Crippen MR) is 107 cm³/mol. The normalized spacial score (nSPS) is 12.0. The zero-order valence-corrected chi connectivity index (χ0v) is 16.3. The molecule has 2 heterocycles. The number of fused-ring (bicyclic) bond motifs is 1. The Balaban J connectivity index is 1.72. The van der Waals surface area contributed by atoms with Crippen LogP contribution in [0.3, 0.4) is 0 Å². The van der Waals surface area contributed by atoms with E-state index >= 15 is 0 Å². The van der Waals surface area contributed by atoms with Crippen molar-refractivity contribution in [1.29, 1.82) is 0 Å². The van der Waals surface area contributed by atoms with Crippen molar-refractivity contribution in [3.8, 4) is 17.1 Å². The molecule has 0 radical (unpaired) electrons. The van der Waals surface area contributed by atoms with Crippen molar-refractivity contribution in [3.63, 3.8) is 0 Å². The predicted octanol–water partition coefficient (Wildman–Crippen LogP) is 3.53. The molecule has 0 fully saturated rings. The molecule has 4 rings (SSSR count). The molecule has 2 aromatic carbocycles. The monoisotopic (exact) mass is 427 g/mol. The average Bonchev–Trinajstić information content (AvgIpc) is 3.16. The fraction of sp³-hybridized carbons (Fsp3) is 0.105. The van der Waals surface area contributed by atoms with E-state index in [0.29, 0.717) is 21.9 Å². The molecule has 0 aliphatic rings. The van der Waals surface area contributed by atoms with E-state index in [9.17, 15) is 4.79 Å². The topological polar surface area (TPSA) is 56.5 Å². The van der Waals surface area contributed by atoms with Gasteiger partial charge in [0.1, 0.15) is 5.75 Å². The number of hydrogen-bond donors (Lipinski definition) is 0. The van der Waals surface area contributed by atoms with Gasteiger partial charge in [-0.1, -0.05) is 39.4 Å². The van der Waals surface area contributed by atoms with Gasteiger partial charge in [0, 0.05) is 10.0 Å². The minimum atomic E-state index is -0.158. The van der Waals surface area contributed by atoms with E-state index in [1.807, 2.05) is 61.5 Å². The van der Waals surface area contributed by atoms with E-state index in [-0.39, 0.29) is 5.56 Å². The Bertz CT molecular complexity index is 1180. The van der Waals surface area contributed by atoms with E-state index in [4.69, 9.17) is 4.74 Å². The maximum atomic E-state index is 12.6. The van der Waals surface area contributed by atoms with E-state index in [1.54, 1.807) is 0 Å². The summed E-state index contributed by atoms with van der Waals surface area (Å²) in [6.45, 7) is 2.56.